The van der Waals surface area contributed by atoms with E-state index in [9.17, 15) is 14.0 Å². The maximum absolute atomic E-state index is 13.1. The van der Waals surface area contributed by atoms with Gasteiger partial charge in [-0.05, 0) is 48.9 Å². The van der Waals surface area contributed by atoms with Crippen LogP contribution in [0, 0.1) is 5.82 Å². The SMILES string of the molecule is CCCOc1ccc(C(=O)OCC(=O)N2CCN(c3ccc(F)cc3)CC2)cc1OC. The van der Waals surface area contributed by atoms with E-state index in [2.05, 4.69) is 4.90 Å². The summed E-state index contributed by atoms with van der Waals surface area (Å²) in [6.07, 6.45) is 0.854. The number of piperazine rings is 1. The van der Waals surface area contributed by atoms with Crippen molar-refractivity contribution >= 4 is 17.6 Å². The number of hydrogen-bond donors (Lipinski definition) is 0. The topological polar surface area (TPSA) is 68.3 Å². The van der Waals surface area contributed by atoms with Crippen LogP contribution in [-0.4, -0.2) is 63.3 Å². The minimum Gasteiger partial charge on any atom is -0.493 e. The lowest BCUT2D eigenvalue weighted by atomic mass is 10.2. The molecule has 8 heteroatoms. The summed E-state index contributed by atoms with van der Waals surface area (Å²) in [4.78, 5) is 28.6. The maximum Gasteiger partial charge on any atom is 0.338 e. The Labute approximate surface area is 181 Å². The first-order valence-electron chi connectivity index (χ1n) is 10.3. The molecule has 0 radical (unpaired) electrons. The highest BCUT2D eigenvalue weighted by Gasteiger charge is 2.23. The van der Waals surface area contributed by atoms with E-state index >= 15 is 0 Å². The largest absolute Gasteiger partial charge is 0.493 e. The summed E-state index contributed by atoms with van der Waals surface area (Å²) in [7, 11) is 1.50. The van der Waals surface area contributed by atoms with Crippen LogP contribution >= 0.6 is 0 Å². The van der Waals surface area contributed by atoms with Crippen molar-refractivity contribution in [1.82, 2.24) is 4.90 Å². The van der Waals surface area contributed by atoms with Gasteiger partial charge in [-0.15, -0.1) is 0 Å². The molecule has 2 aromatic carbocycles. The van der Waals surface area contributed by atoms with E-state index in [1.54, 1.807) is 35.2 Å². The van der Waals surface area contributed by atoms with Crippen LogP contribution < -0.4 is 14.4 Å². The molecule has 0 N–H and O–H groups in total. The van der Waals surface area contributed by atoms with Crippen molar-refractivity contribution in [3.8, 4) is 11.5 Å². The van der Waals surface area contributed by atoms with Crippen LogP contribution in [0.15, 0.2) is 42.5 Å². The van der Waals surface area contributed by atoms with E-state index in [0.717, 1.165) is 12.1 Å². The average Bonchev–Trinajstić information content (AvgIpc) is 2.81. The number of halogens is 1. The number of nitrogens with zero attached hydrogens (tertiary/aromatic N) is 2. The minimum absolute atomic E-state index is 0.248. The smallest absolute Gasteiger partial charge is 0.338 e. The number of hydrogen-bond acceptors (Lipinski definition) is 6. The molecule has 1 amide bonds. The van der Waals surface area contributed by atoms with Gasteiger partial charge in [0, 0.05) is 31.9 Å². The third-order valence-corrected chi connectivity index (χ3v) is 5.01. The number of esters is 1. The van der Waals surface area contributed by atoms with Gasteiger partial charge in [-0.2, -0.15) is 0 Å². The summed E-state index contributed by atoms with van der Waals surface area (Å²) in [6.45, 7) is 4.48. The summed E-state index contributed by atoms with van der Waals surface area (Å²) in [5.41, 5.74) is 1.20. The number of carbonyl (C=O) groups excluding carboxylic acids is 2. The molecule has 1 aliphatic rings. The van der Waals surface area contributed by atoms with Crippen LogP contribution in [0.3, 0.4) is 0 Å². The van der Waals surface area contributed by atoms with Crippen LogP contribution in [-0.2, 0) is 9.53 Å². The molecule has 0 unspecified atom stereocenters. The number of rotatable bonds is 8. The average molecular weight is 430 g/mol. The second kappa shape index (κ2) is 10.7. The number of methoxy groups -OCH3 is 1. The minimum atomic E-state index is -0.598. The van der Waals surface area contributed by atoms with Gasteiger partial charge in [0.15, 0.2) is 18.1 Å². The van der Waals surface area contributed by atoms with Gasteiger partial charge < -0.3 is 24.0 Å². The number of benzene rings is 2. The first kappa shape index (κ1) is 22.4. The van der Waals surface area contributed by atoms with Gasteiger partial charge in [0.05, 0.1) is 19.3 Å². The number of ether oxygens (including phenoxy) is 3. The molecular formula is C23H27FN2O5. The Bertz CT molecular complexity index is 895. The van der Waals surface area contributed by atoms with Gasteiger partial charge in [-0.25, -0.2) is 9.18 Å². The normalized spacial score (nSPS) is 13.6. The first-order valence-corrected chi connectivity index (χ1v) is 10.3. The zero-order valence-electron chi connectivity index (χ0n) is 17.8. The second-order valence-electron chi connectivity index (χ2n) is 7.13. The molecule has 1 saturated heterocycles. The Balaban J connectivity index is 1.49. The Hall–Kier alpha value is -3.29. The monoisotopic (exact) mass is 430 g/mol. The number of amides is 1. The fourth-order valence-corrected chi connectivity index (χ4v) is 3.29. The lowest BCUT2D eigenvalue weighted by Crippen LogP contribution is -2.49. The lowest BCUT2D eigenvalue weighted by Gasteiger charge is -2.36. The molecule has 166 valence electrons. The Morgan fingerprint density at radius 1 is 1.00 bits per heavy atom. The Morgan fingerprint density at radius 3 is 2.35 bits per heavy atom. The molecule has 3 rings (SSSR count). The van der Waals surface area contributed by atoms with Gasteiger partial charge in [-0.1, -0.05) is 6.92 Å². The zero-order chi connectivity index (χ0) is 22.2. The predicted octanol–water partition coefficient (Wildman–Crippen LogP) is 3.13. The van der Waals surface area contributed by atoms with Gasteiger partial charge in [-0.3, -0.25) is 4.79 Å². The molecule has 0 aliphatic carbocycles. The molecule has 7 nitrogen and oxygen atoms in total. The van der Waals surface area contributed by atoms with Gasteiger partial charge in [0.1, 0.15) is 5.82 Å². The molecule has 1 aliphatic heterocycles. The van der Waals surface area contributed by atoms with Gasteiger partial charge in [0.2, 0.25) is 0 Å². The van der Waals surface area contributed by atoms with Crippen molar-refractivity contribution in [2.24, 2.45) is 0 Å². The highest BCUT2D eigenvalue weighted by atomic mass is 19.1. The van der Waals surface area contributed by atoms with E-state index in [4.69, 9.17) is 14.2 Å². The third kappa shape index (κ3) is 5.87. The molecule has 1 heterocycles. The van der Waals surface area contributed by atoms with E-state index in [1.807, 2.05) is 6.92 Å². The summed E-state index contributed by atoms with van der Waals surface area (Å²) in [5.74, 6) is -0.136. The molecule has 0 spiro atoms. The summed E-state index contributed by atoms with van der Waals surface area (Å²) in [6, 6.07) is 11.1. The zero-order valence-corrected chi connectivity index (χ0v) is 17.8. The van der Waals surface area contributed by atoms with Crippen LogP contribution in [0.5, 0.6) is 11.5 Å². The van der Waals surface area contributed by atoms with E-state index in [1.165, 1.54) is 19.2 Å². The number of anilines is 1. The molecule has 2 aromatic rings. The van der Waals surface area contributed by atoms with Crippen molar-refractivity contribution < 1.29 is 28.2 Å². The van der Waals surface area contributed by atoms with E-state index < -0.39 is 5.97 Å². The van der Waals surface area contributed by atoms with Crippen LogP contribution in [0.1, 0.15) is 23.7 Å². The summed E-state index contributed by atoms with van der Waals surface area (Å²) in [5, 5.41) is 0. The first-order chi connectivity index (χ1) is 15.0. The summed E-state index contributed by atoms with van der Waals surface area (Å²) < 4.78 is 29.1. The van der Waals surface area contributed by atoms with Crippen molar-refractivity contribution in [3.05, 3.63) is 53.8 Å². The van der Waals surface area contributed by atoms with Crippen molar-refractivity contribution in [1.29, 1.82) is 0 Å². The molecule has 31 heavy (non-hydrogen) atoms. The molecule has 0 atom stereocenters. The Morgan fingerprint density at radius 2 is 1.71 bits per heavy atom. The number of carbonyl (C=O) groups is 2. The molecular weight excluding hydrogens is 403 g/mol. The highest BCUT2D eigenvalue weighted by molar-refractivity contribution is 5.92. The van der Waals surface area contributed by atoms with E-state index in [-0.39, 0.29) is 23.9 Å². The third-order valence-electron chi connectivity index (χ3n) is 5.01. The Kier molecular flexibility index (Phi) is 7.70. The van der Waals surface area contributed by atoms with Crippen molar-refractivity contribution in [2.45, 2.75) is 13.3 Å². The molecule has 0 bridgehead atoms. The highest BCUT2D eigenvalue weighted by Crippen LogP contribution is 2.28. The predicted molar refractivity (Wildman–Crippen MR) is 114 cm³/mol. The van der Waals surface area contributed by atoms with Crippen LogP contribution in [0.4, 0.5) is 10.1 Å². The van der Waals surface area contributed by atoms with Gasteiger partial charge in [0.25, 0.3) is 5.91 Å². The van der Waals surface area contributed by atoms with E-state index in [0.29, 0.717) is 44.3 Å². The lowest BCUT2D eigenvalue weighted by molar-refractivity contribution is -0.134. The standard InChI is InChI=1S/C23H27FN2O5/c1-3-14-30-20-9-4-17(15-21(20)29-2)23(28)31-16-22(27)26-12-10-25(11-13-26)19-7-5-18(24)6-8-19/h4-9,15H,3,10-14,16H2,1-2H3. The molecule has 0 aromatic heterocycles. The fourth-order valence-electron chi connectivity index (χ4n) is 3.29. The van der Waals surface area contributed by atoms with Crippen molar-refractivity contribution in [3.63, 3.8) is 0 Å². The molecule has 0 saturated carbocycles. The molecule has 1 fully saturated rings. The van der Waals surface area contributed by atoms with Gasteiger partial charge >= 0.3 is 5.97 Å². The maximum atomic E-state index is 13.1. The van der Waals surface area contributed by atoms with Crippen molar-refractivity contribution in [2.75, 3.05) is 51.4 Å². The quantitative estimate of drug-likeness (QED) is 0.600. The van der Waals surface area contributed by atoms with Crippen LogP contribution in [0.25, 0.3) is 0 Å². The van der Waals surface area contributed by atoms with Crippen LogP contribution in [0.2, 0.25) is 0 Å². The summed E-state index contributed by atoms with van der Waals surface area (Å²) >= 11 is 0. The second-order valence-corrected chi connectivity index (χ2v) is 7.13. The fraction of sp³-hybridized carbons (Fsp3) is 0.391.